The number of aliphatic hydroxyl groups is 5. The van der Waals surface area contributed by atoms with E-state index in [0.29, 0.717) is 19.3 Å². The average Bonchev–Trinajstić information content (AvgIpc) is 2.71. The number of hydrogen-bond donors (Lipinski definition) is 5. The highest BCUT2D eigenvalue weighted by atomic mass is 16.4. The zero-order valence-corrected chi connectivity index (χ0v) is 15.4. The lowest BCUT2D eigenvalue weighted by Gasteiger charge is -2.46. The van der Waals surface area contributed by atoms with Crippen molar-refractivity contribution in [2.24, 2.45) is 28.6 Å². The van der Waals surface area contributed by atoms with Gasteiger partial charge in [-0.3, -0.25) is 0 Å². The summed E-state index contributed by atoms with van der Waals surface area (Å²) in [5, 5.41) is 55.2. The van der Waals surface area contributed by atoms with Crippen molar-refractivity contribution >= 4 is 0 Å². The predicted octanol–water partition coefficient (Wildman–Crippen LogP) is 0.974. The molecule has 142 valence electrons. The standard InChI is InChI=1S/C20H32O5/c1-10-11-5-6-12-16(23)19(11,9-18(12,4)24)8-15(22)20(25)13(10)7-14(21)17(20,2)3/h11-16,21-25H,1,5-9H2,2-4H3/t11-,12-,13?,14+,15-,16-,18-,19+,20+/m1/s1. The van der Waals surface area contributed by atoms with Crippen LogP contribution < -0.4 is 0 Å². The van der Waals surface area contributed by atoms with Gasteiger partial charge in [-0.05, 0) is 44.9 Å². The Morgan fingerprint density at radius 3 is 2.24 bits per heavy atom. The molecule has 0 saturated heterocycles. The van der Waals surface area contributed by atoms with Crippen LogP contribution in [0, 0.1) is 28.6 Å². The second-order valence-corrected chi connectivity index (χ2v) is 10.1. The Balaban J connectivity index is 1.85. The SMILES string of the molecule is C=C1C2C[C@H](O)C(C)(C)[C@@]2(O)[C@H](O)C[C@]23C[C@@](C)(O)[C@H](CC[C@H]12)[C@H]3O. The molecule has 4 aliphatic rings. The fourth-order valence-corrected chi connectivity index (χ4v) is 7.23. The summed E-state index contributed by atoms with van der Waals surface area (Å²) in [4.78, 5) is 0. The van der Waals surface area contributed by atoms with E-state index in [1.165, 1.54) is 0 Å². The molecule has 5 nitrogen and oxygen atoms in total. The maximum atomic E-state index is 11.6. The van der Waals surface area contributed by atoms with Crippen molar-refractivity contribution in [1.82, 2.24) is 0 Å². The first-order valence-corrected chi connectivity index (χ1v) is 9.57. The van der Waals surface area contributed by atoms with Gasteiger partial charge in [-0.1, -0.05) is 26.0 Å². The van der Waals surface area contributed by atoms with E-state index in [2.05, 4.69) is 6.58 Å². The number of hydrogen-bond acceptors (Lipinski definition) is 5. The highest BCUT2D eigenvalue weighted by Gasteiger charge is 2.72. The van der Waals surface area contributed by atoms with E-state index in [0.717, 1.165) is 12.0 Å². The monoisotopic (exact) mass is 352 g/mol. The molecule has 0 aliphatic heterocycles. The van der Waals surface area contributed by atoms with E-state index < -0.39 is 46.3 Å². The molecule has 5 N–H and O–H groups in total. The Morgan fingerprint density at radius 1 is 0.960 bits per heavy atom. The van der Waals surface area contributed by atoms with Crippen LogP contribution in [0.25, 0.3) is 0 Å². The first kappa shape index (κ1) is 17.9. The lowest BCUT2D eigenvalue weighted by atomic mass is 9.61. The fourth-order valence-electron chi connectivity index (χ4n) is 7.23. The van der Waals surface area contributed by atoms with Crippen molar-refractivity contribution in [1.29, 1.82) is 0 Å². The molecule has 0 amide bonds. The second-order valence-electron chi connectivity index (χ2n) is 10.1. The first-order chi connectivity index (χ1) is 11.4. The lowest BCUT2D eigenvalue weighted by Crippen LogP contribution is -2.57. The normalized spacial score (nSPS) is 60.1. The molecule has 4 aliphatic carbocycles. The summed E-state index contributed by atoms with van der Waals surface area (Å²) < 4.78 is 0. The molecule has 2 bridgehead atoms. The van der Waals surface area contributed by atoms with Crippen LogP contribution in [0.3, 0.4) is 0 Å². The van der Waals surface area contributed by atoms with Crippen LogP contribution in [-0.2, 0) is 0 Å². The van der Waals surface area contributed by atoms with Crippen LogP contribution in [-0.4, -0.2) is 55.0 Å². The van der Waals surface area contributed by atoms with E-state index in [9.17, 15) is 25.5 Å². The van der Waals surface area contributed by atoms with Gasteiger partial charge >= 0.3 is 0 Å². The third-order valence-electron chi connectivity index (χ3n) is 8.75. The van der Waals surface area contributed by atoms with Crippen LogP contribution in [0.1, 0.15) is 52.9 Å². The Bertz CT molecular complexity index is 613. The van der Waals surface area contributed by atoms with Crippen LogP contribution in [0.5, 0.6) is 0 Å². The number of aliphatic hydroxyl groups excluding tert-OH is 3. The Morgan fingerprint density at radius 2 is 1.60 bits per heavy atom. The van der Waals surface area contributed by atoms with Crippen LogP contribution in [0.15, 0.2) is 12.2 Å². The van der Waals surface area contributed by atoms with Gasteiger partial charge in [0.15, 0.2) is 0 Å². The van der Waals surface area contributed by atoms with Crippen molar-refractivity contribution in [2.45, 2.75) is 82.4 Å². The summed E-state index contributed by atoms with van der Waals surface area (Å²) in [6.07, 6.45) is 0.0421. The van der Waals surface area contributed by atoms with Gasteiger partial charge in [-0.25, -0.2) is 0 Å². The molecule has 0 aromatic heterocycles. The van der Waals surface area contributed by atoms with Crippen molar-refractivity contribution in [2.75, 3.05) is 0 Å². The zero-order valence-electron chi connectivity index (χ0n) is 15.4. The van der Waals surface area contributed by atoms with Crippen molar-refractivity contribution in [3.63, 3.8) is 0 Å². The molecule has 4 saturated carbocycles. The van der Waals surface area contributed by atoms with Crippen LogP contribution in [0.2, 0.25) is 0 Å². The molecule has 5 heteroatoms. The van der Waals surface area contributed by atoms with Gasteiger partial charge in [-0.2, -0.15) is 0 Å². The molecule has 0 heterocycles. The van der Waals surface area contributed by atoms with E-state index in [4.69, 9.17) is 0 Å². The van der Waals surface area contributed by atoms with Crippen LogP contribution in [0.4, 0.5) is 0 Å². The van der Waals surface area contributed by atoms with Crippen molar-refractivity contribution < 1.29 is 25.5 Å². The van der Waals surface area contributed by atoms with E-state index >= 15 is 0 Å². The molecular formula is C20H32O5. The smallest absolute Gasteiger partial charge is 0.105 e. The molecule has 0 aromatic carbocycles. The zero-order chi connectivity index (χ0) is 18.6. The highest BCUT2D eigenvalue weighted by molar-refractivity contribution is 5.31. The molecule has 1 unspecified atom stereocenters. The van der Waals surface area contributed by atoms with E-state index in [-0.39, 0.29) is 18.3 Å². The molecule has 9 atom stereocenters. The topological polar surface area (TPSA) is 101 Å². The predicted molar refractivity (Wildman–Crippen MR) is 92.5 cm³/mol. The van der Waals surface area contributed by atoms with Gasteiger partial charge in [0.2, 0.25) is 0 Å². The summed E-state index contributed by atoms with van der Waals surface area (Å²) in [6, 6.07) is 0. The van der Waals surface area contributed by atoms with Gasteiger partial charge in [0.05, 0.1) is 23.9 Å². The van der Waals surface area contributed by atoms with Gasteiger partial charge in [0, 0.05) is 22.7 Å². The molecule has 0 radical (unpaired) electrons. The largest absolute Gasteiger partial charge is 0.392 e. The van der Waals surface area contributed by atoms with Crippen molar-refractivity contribution in [3.05, 3.63) is 12.2 Å². The van der Waals surface area contributed by atoms with Gasteiger partial charge < -0.3 is 25.5 Å². The quantitative estimate of drug-likeness (QED) is 0.418. The minimum Gasteiger partial charge on any atom is -0.392 e. The third-order valence-corrected chi connectivity index (χ3v) is 8.75. The van der Waals surface area contributed by atoms with E-state index in [1.807, 2.05) is 0 Å². The lowest BCUT2D eigenvalue weighted by molar-refractivity contribution is -0.174. The Labute approximate surface area is 149 Å². The summed E-state index contributed by atoms with van der Waals surface area (Å²) in [6.45, 7) is 9.67. The molecule has 1 spiro atoms. The second kappa shape index (κ2) is 4.87. The summed E-state index contributed by atoms with van der Waals surface area (Å²) in [5.74, 6) is -0.649. The molecule has 4 rings (SSSR count). The Kier molecular flexibility index (Phi) is 3.49. The van der Waals surface area contributed by atoms with E-state index in [1.54, 1.807) is 20.8 Å². The molecular weight excluding hydrogens is 320 g/mol. The molecule has 4 fully saturated rings. The number of rotatable bonds is 0. The van der Waals surface area contributed by atoms with Gasteiger partial charge in [0.1, 0.15) is 5.60 Å². The molecule has 0 aromatic rings. The highest BCUT2D eigenvalue weighted by Crippen LogP contribution is 2.68. The molecule has 25 heavy (non-hydrogen) atoms. The van der Waals surface area contributed by atoms with Crippen molar-refractivity contribution in [3.8, 4) is 0 Å². The fraction of sp³-hybridized carbons (Fsp3) is 0.900. The minimum absolute atomic E-state index is 0.0532. The van der Waals surface area contributed by atoms with Gasteiger partial charge in [-0.15, -0.1) is 0 Å². The maximum absolute atomic E-state index is 11.6. The summed E-state index contributed by atoms with van der Waals surface area (Å²) >= 11 is 0. The van der Waals surface area contributed by atoms with Gasteiger partial charge in [0.25, 0.3) is 0 Å². The maximum Gasteiger partial charge on any atom is 0.105 e. The first-order valence-electron chi connectivity index (χ1n) is 9.57. The summed E-state index contributed by atoms with van der Waals surface area (Å²) in [5.41, 5.74) is -3.12. The Hall–Kier alpha value is -0.460. The third kappa shape index (κ3) is 1.86. The number of fused-ring (bicyclic) bond motifs is 2. The average molecular weight is 352 g/mol. The van der Waals surface area contributed by atoms with Crippen LogP contribution >= 0.6 is 0 Å². The summed E-state index contributed by atoms with van der Waals surface area (Å²) in [7, 11) is 0. The minimum atomic E-state index is -1.47.